The van der Waals surface area contributed by atoms with Crippen molar-refractivity contribution in [3.63, 3.8) is 0 Å². The number of nitro groups is 1. The minimum absolute atomic E-state index is 0.0419. The smallest absolute Gasteiger partial charge is 0.269 e. The molecular weight excluding hydrogens is 276 g/mol. The second kappa shape index (κ2) is 6.74. The van der Waals surface area contributed by atoms with Gasteiger partial charge >= 0.3 is 0 Å². The van der Waals surface area contributed by atoms with Gasteiger partial charge in [0.2, 0.25) is 5.91 Å². The summed E-state index contributed by atoms with van der Waals surface area (Å²) >= 11 is 1.42. The van der Waals surface area contributed by atoms with Crippen molar-refractivity contribution in [3.8, 4) is 0 Å². The highest BCUT2D eigenvalue weighted by Gasteiger charge is 2.21. The second-order valence-electron chi connectivity index (χ2n) is 5.00. The Morgan fingerprint density at radius 3 is 2.50 bits per heavy atom. The zero-order valence-electron chi connectivity index (χ0n) is 11.4. The molecule has 0 aromatic heterocycles. The Bertz CT molecular complexity index is 484. The van der Waals surface area contributed by atoms with Gasteiger partial charge < -0.3 is 5.32 Å². The molecule has 1 aromatic rings. The largest absolute Gasteiger partial charge is 0.352 e. The lowest BCUT2D eigenvalue weighted by Crippen LogP contribution is -2.37. The lowest BCUT2D eigenvalue weighted by Gasteiger charge is -2.16. The maximum Gasteiger partial charge on any atom is 0.269 e. The molecule has 1 amide bonds. The van der Waals surface area contributed by atoms with Crippen LogP contribution >= 0.6 is 11.8 Å². The highest BCUT2D eigenvalue weighted by molar-refractivity contribution is 8.00. The Kier molecular flexibility index (Phi) is 5.00. The molecule has 1 fully saturated rings. The fraction of sp³-hybridized carbons (Fsp3) is 0.500. The summed E-state index contributed by atoms with van der Waals surface area (Å²) in [6.07, 6.45) is 4.52. The third-order valence-corrected chi connectivity index (χ3v) is 4.54. The molecule has 0 aliphatic heterocycles. The topological polar surface area (TPSA) is 72.2 Å². The molecule has 1 N–H and O–H groups in total. The molecule has 0 saturated heterocycles. The number of carbonyl (C=O) groups is 1. The highest BCUT2D eigenvalue weighted by Crippen LogP contribution is 2.26. The zero-order chi connectivity index (χ0) is 14.5. The van der Waals surface area contributed by atoms with Crippen LogP contribution in [0.4, 0.5) is 5.69 Å². The van der Waals surface area contributed by atoms with Crippen LogP contribution < -0.4 is 5.32 Å². The van der Waals surface area contributed by atoms with E-state index in [-0.39, 0.29) is 16.8 Å². The number of nitro benzene ring substituents is 1. The number of amides is 1. The van der Waals surface area contributed by atoms with E-state index in [1.807, 2.05) is 6.92 Å². The maximum atomic E-state index is 12.0. The molecule has 20 heavy (non-hydrogen) atoms. The van der Waals surface area contributed by atoms with Crippen molar-refractivity contribution in [1.82, 2.24) is 5.32 Å². The van der Waals surface area contributed by atoms with Gasteiger partial charge in [-0.2, -0.15) is 0 Å². The van der Waals surface area contributed by atoms with Crippen molar-refractivity contribution >= 4 is 23.4 Å². The van der Waals surface area contributed by atoms with Crippen LogP contribution in [-0.2, 0) is 4.79 Å². The molecule has 1 saturated carbocycles. The van der Waals surface area contributed by atoms with Gasteiger partial charge in [-0.1, -0.05) is 12.8 Å². The summed E-state index contributed by atoms with van der Waals surface area (Å²) in [5.74, 6) is 0.0419. The molecule has 5 nitrogen and oxygen atoms in total. The lowest BCUT2D eigenvalue weighted by atomic mass is 10.2. The first-order chi connectivity index (χ1) is 9.56. The number of nitrogens with zero attached hydrogens (tertiary/aromatic N) is 1. The van der Waals surface area contributed by atoms with Gasteiger partial charge in [0.1, 0.15) is 0 Å². The Balaban J connectivity index is 1.87. The molecule has 0 heterocycles. The Morgan fingerprint density at radius 1 is 1.35 bits per heavy atom. The molecule has 1 atom stereocenters. The molecule has 1 aromatic carbocycles. The molecular formula is C14H18N2O3S. The summed E-state index contributed by atoms with van der Waals surface area (Å²) in [5.41, 5.74) is 0.0670. The van der Waals surface area contributed by atoms with E-state index in [4.69, 9.17) is 0 Å². The third kappa shape index (κ3) is 3.96. The van der Waals surface area contributed by atoms with Gasteiger partial charge in [0, 0.05) is 23.1 Å². The minimum Gasteiger partial charge on any atom is -0.352 e. The number of non-ortho nitro benzene ring substituents is 1. The Morgan fingerprint density at radius 2 is 1.95 bits per heavy atom. The normalized spacial score (nSPS) is 16.9. The van der Waals surface area contributed by atoms with E-state index >= 15 is 0 Å². The van der Waals surface area contributed by atoms with E-state index in [1.54, 1.807) is 12.1 Å². The molecule has 6 heteroatoms. The first-order valence-corrected chi connectivity index (χ1v) is 7.65. The molecule has 1 aliphatic carbocycles. The van der Waals surface area contributed by atoms with Crippen LogP contribution in [-0.4, -0.2) is 22.1 Å². The monoisotopic (exact) mass is 294 g/mol. The Hall–Kier alpha value is -1.56. The fourth-order valence-electron chi connectivity index (χ4n) is 2.29. The SMILES string of the molecule is C[C@H](Sc1ccc([N+](=O)[O-])cc1)C(=O)NC1CCCC1. The van der Waals surface area contributed by atoms with Crippen LogP contribution in [0.3, 0.4) is 0 Å². The van der Waals surface area contributed by atoms with E-state index in [9.17, 15) is 14.9 Å². The van der Waals surface area contributed by atoms with Crippen LogP contribution in [0.5, 0.6) is 0 Å². The first kappa shape index (κ1) is 14.8. The summed E-state index contributed by atoms with van der Waals surface area (Å²) in [5, 5.41) is 13.4. The van der Waals surface area contributed by atoms with E-state index in [1.165, 1.54) is 36.7 Å². The van der Waals surface area contributed by atoms with Gasteiger partial charge in [0.25, 0.3) is 5.69 Å². The predicted molar refractivity (Wildman–Crippen MR) is 78.8 cm³/mol. The number of carbonyl (C=O) groups excluding carboxylic acids is 1. The van der Waals surface area contributed by atoms with Crippen LogP contribution in [0, 0.1) is 10.1 Å². The standard InChI is InChI=1S/C14H18N2O3S/c1-10(14(17)15-11-4-2-3-5-11)20-13-8-6-12(7-9-13)16(18)19/h6-11H,2-5H2,1H3,(H,15,17)/t10-/m0/s1. The number of hydrogen-bond acceptors (Lipinski definition) is 4. The van der Waals surface area contributed by atoms with Crippen molar-refractivity contribution in [2.45, 2.75) is 48.8 Å². The summed E-state index contributed by atoms with van der Waals surface area (Å²) in [7, 11) is 0. The van der Waals surface area contributed by atoms with Gasteiger partial charge in [-0.05, 0) is 31.9 Å². The predicted octanol–water partition coefficient (Wildman–Crippen LogP) is 3.13. The van der Waals surface area contributed by atoms with Gasteiger partial charge in [-0.15, -0.1) is 11.8 Å². The van der Waals surface area contributed by atoms with Crippen LogP contribution in [0.2, 0.25) is 0 Å². The van der Waals surface area contributed by atoms with E-state index in [0.717, 1.165) is 17.7 Å². The molecule has 108 valence electrons. The highest BCUT2D eigenvalue weighted by atomic mass is 32.2. The molecule has 2 rings (SSSR count). The molecule has 1 aliphatic rings. The summed E-state index contributed by atoms with van der Waals surface area (Å²) in [6, 6.07) is 6.61. The summed E-state index contributed by atoms with van der Waals surface area (Å²) in [6.45, 7) is 1.86. The van der Waals surface area contributed by atoms with Crippen LogP contribution in [0.15, 0.2) is 29.2 Å². The number of thioether (sulfide) groups is 1. The van der Waals surface area contributed by atoms with Crippen molar-refractivity contribution in [2.75, 3.05) is 0 Å². The van der Waals surface area contributed by atoms with Gasteiger partial charge in [-0.25, -0.2) is 0 Å². The average Bonchev–Trinajstić information content (AvgIpc) is 2.92. The average molecular weight is 294 g/mol. The van der Waals surface area contributed by atoms with Crippen molar-refractivity contribution in [1.29, 1.82) is 0 Å². The van der Waals surface area contributed by atoms with Crippen LogP contribution in [0.25, 0.3) is 0 Å². The number of nitrogens with one attached hydrogen (secondary N) is 1. The van der Waals surface area contributed by atoms with Crippen molar-refractivity contribution < 1.29 is 9.72 Å². The summed E-state index contributed by atoms with van der Waals surface area (Å²) in [4.78, 5) is 23.0. The first-order valence-electron chi connectivity index (χ1n) is 6.78. The Labute approximate surface area is 122 Å². The van der Waals surface area contributed by atoms with Crippen LogP contribution in [0.1, 0.15) is 32.6 Å². The molecule has 0 radical (unpaired) electrons. The second-order valence-corrected chi connectivity index (χ2v) is 6.42. The van der Waals surface area contributed by atoms with Crippen molar-refractivity contribution in [3.05, 3.63) is 34.4 Å². The number of benzene rings is 1. The summed E-state index contributed by atoms with van der Waals surface area (Å²) < 4.78 is 0. The van der Waals surface area contributed by atoms with Gasteiger partial charge in [0.15, 0.2) is 0 Å². The quantitative estimate of drug-likeness (QED) is 0.514. The molecule has 0 bridgehead atoms. The van der Waals surface area contributed by atoms with E-state index < -0.39 is 4.92 Å². The lowest BCUT2D eigenvalue weighted by molar-refractivity contribution is -0.384. The molecule has 0 spiro atoms. The van der Waals surface area contributed by atoms with Gasteiger partial charge in [-0.3, -0.25) is 14.9 Å². The number of rotatable bonds is 5. The maximum absolute atomic E-state index is 12.0. The third-order valence-electron chi connectivity index (χ3n) is 3.43. The number of hydrogen-bond donors (Lipinski definition) is 1. The molecule has 0 unspecified atom stereocenters. The minimum atomic E-state index is -0.426. The van der Waals surface area contributed by atoms with Gasteiger partial charge in [0.05, 0.1) is 10.2 Å². The van der Waals surface area contributed by atoms with E-state index in [2.05, 4.69) is 5.32 Å². The fourth-order valence-corrected chi connectivity index (χ4v) is 3.17. The van der Waals surface area contributed by atoms with E-state index in [0.29, 0.717) is 6.04 Å². The zero-order valence-corrected chi connectivity index (χ0v) is 12.2. The van der Waals surface area contributed by atoms with Crippen molar-refractivity contribution in [2.24, 2.45) is 0 Å².